The molecule has 1 aromatic carbocycles. The number of aromatic amines is 1. The van der Waals surface area contributed by atoms with Gasteiger partial charge in [-0.3, -0.25) is 0 Å². The van der Waals surface area contributed by atoms with E-state index in [0.717, 1.165) is 27.5 Å². The summed E-state index contributed by atoms with van der Waals surface area (Å²) in [5.74, 6) is 0. The molecule has 0 fully saturated rings. The number of nitrogens with one attached hydrogen (secondary N) is 2. The standard InChI is InChI=1S/C14H13N3S/c1-15-12-4-2-3-10(7-12)13-9-18-14(17-13)11-5-6-16-8-11/h2-9,15-16H,1H3. The molecule has 3 aromatic rings. The van der Waals surface area contributed by atoms with Gasteiger partial charge in [0.15, 0.2) is 0 Å². The first-order valence-corrected chi connectivity index (χ1v) is 6.61. The lowest BCUT2D eigenvalue weighted by molar-refractivity contribution is 1.38. The molecule has 2 heterocycles. The van der Waals surface area contributed by atoms with Crippen LogP contribution in [0.3, 0.4) is 0 Å². The Bertz CT molecular complexity index is 641. The molecule has 3 rings (SSSR count). The van der Waals surface area contributed by atoms with Gasteiger partial charge in [-0.1, -0.05) is 12.1 Å². The molecule has 0 amide bonds. The summed E-state index contributed by atoms with van der Waals surface area (Å²) < 4.78 is 0. The third-order valence-electron chi connectivity index (χ3n) is 2.80. The summed E-state index contributed by atoms with van der Waals surface area (Å²) >= 11 is 1.66. The van der Waals surface area contributed by atoms with E-state index in [1.54, 1.807) is 11.3 Å². The summed E-state index contributed by atoms with van der Waals surface area (Å²) in [6.45, 7) is 0. The molecule has 90 valence electrons. The van der Waals surface area contributed by atoms with Crippen LogP contribution in [-0.2, 0) is 0 Å². The topological polar surface area (TPSA) is 40.7 Å². The predicted octanol–water partition coefficient (Wildman–Crippen LogP) is 3.85. The lowest BCUT2D eigenvalue weighted by Gasteiger charge is -2.01. The monoisotopic (exact) mass is 255 g/mol. The van der Waals surface area contributed by atoms with Gasteiger partial charge in [-0.25, -0.2) is 4.98 Å². The normalized spacial score (nSPS) is 10.5. The summed E-state index contributed by atoms with van der Waals surface area (Å²) in [7, 11) is 1.92. The second-order valence-electron chi connectivity index (χ2n) is 3.97. The zero-order chi connectivity index (χ0) is 12.4. The molecule has 3 nitrogen and oxygen atoms in total. The molecule has 0 atom stereocenters. The number of hydrogen-bond acceptors (Lipinski definition) is 3. The van der Waals surface area contributed by atoms with E-state index in [2.05, 4.69) is 32.8 Å². The van der Waals surface area contributed by atoms with E-state index in [9.17, 15) is 0 Å². The number of rotatable bonds is 3. The van der Waals surface area contributed by atoms with E-state index in [1.165, 1.54) is 0 Å². The first-order chi connectivity index (χ1) is 8.86. The molecule has 0 unspecified atom stereocenters. The number of anilines is 1. The van der Waals surface area contributed by atoms with E-state index in [0.29, 0.717) is 0 Å². The number of nitrogens with zero attached hydrogens (tertiary/aromatic N) is 1. The summed E-state index contributed by atoms with van der Waals surface area (Å²) in [6.07, 6.45) is 3.88. The Hall–Kier alpha value is -2.07. The molecule has 0 saturated carbocycles. The van der Waals surface area contributed by atoms with E-state index in [4.69, 9.17) is 0 Å². The largest absolute Gasteiger partial charge is 0.388 e. The van der Waals surface area contributed by atoms with Crippen molar-refractivity contribution in [1.29, 1.82) is 0 Å². The van der Waals surface area contributed by atoms with Crippen molar-refractivity contribution in [1.82, 2.24) is 9.97 Å². The number of benzene rings is 1. The van der Waals surface area contributed by atoms with Gasteiger partial charge in [0.05, 0.1) is 5.69 Å². The van der Waals surface area contributed by atoms with Crippen LogP contribution in [-0.4, -0.2) is 17.0 Å². The number of H-pyrrole nitrogens is 1. The second kappa shape index (κ2) is 4.66. The highest BCUT2D eigenvalue weighted by Gasteiger charge is 2.07. The van der Waals surface area contributed by atoms with Crippen molar-refractivity contribution < 1.29 is 0 Å². The highest BCUT2D eigenvalue weighted by Crippen LogP contribution is 2.29. The van der Waals surface area contributed by atoms with Gasteiger partial charge in [0.2, 0.25) is 0 Å². The van der Waals surface area contributed by atoms with E-state index in [1.807, 2.05) is 37.6 Å². The fourth-order valence-corrected chi connectivity index (χ4v) is 2.66. The Morgan fingerprint density at radius 1 is 1.22 bits per heavy atom. The van der Waals surface area contributed by atoms with Gasteiger partial charge in [-0.05, 0) is 18.2 Å². The minimum atomic E-state index is 1.02. The van der Waals surface area contributed by atoms with Crippen LogP contribution in [0.5, 0.6) is 0 Å². The SMILES string of the molecule is CNc1cccc(-c2csc(-c3cc[nH]c3)n2)c1. The molecule has 2 aromatic heterocycles. The average molecular weight is 255 g/mol. The molecular formula is C14H13N3S. The maximum Gasteiger partial charge on any atom is 0.125 e. The molecule has 0 saturated heterocycles. The molecule has 0 aliphatic rings. The molecule has 0 radical (unpaired) electrons. The highest BCUT2D eigenvalue weighted by atomic mass is 32.1. The van der Waals surface area contributed by atoms with Crippen LogP contribution in [0.1, 0.15) is 0 Å². The van der Waals surface area contributed by atoms with Gasteiger partial charge in [-0.2, -0.15) is 0 Å². The van der Waals surface area contributed by atoms with Crippen LogP contribution in [0.4, 0.5) is 5.69 Å². The van der Waals surface area contributed by atoms with Crippen molar-refractivity contribution in [2.45, 2.75) is 0 Å². The quantitative estimate of drug-likeness (QED) is 0.746. The van der Waals surface area contributed by atoms with Crippen LogP contribution in [0.2, 0.25) is 0 Å². The summed E-state index contributed by atoms with van der Waals surface area (Å²) in [6, 6.07) is 10.3. The average Bonchev–Trinajstić information content (AvgIpc) is 3.09. The van der Waals surface area contributed by atoms with Gasteiger partial charge in [0, 0.05) is 41.6 Å². The Balaban J connectivity index is 1.97. The van der Waals surface area contributed by atoms with Crippen molar-refractivity contribution in [3.05, 3.63) is 48.1 Å². The lowest BCUT2D eigenvalue weighted by Crippen LogP contribution is -1.87. The fourth-order valence-electron chi connectivity index (χ4n) is 1.83. The Morgan fingerprint density at radius 2 is 2.17 bits per heavy atom. The minimum Gasteiger partial charge on any atom is -0.388 e. The van der Waals surface area contributed by atoms with Gasteiger partial charge in [0.1, 0.15) is 5.01 Å². The zero-order valence-corrected chi connectivity index (χ0v) is 10.8. The van der Waals surface area contributed by atoms with Gasteiger partial charge in [-0.15, -0.1) is 11.3 Å². The molecule has 0 aliphatic heterocycles. The molecule has 4 heteroatoms. The summed E-state index contributed by atoms with van der Waals surface area (Å²) in [4.78, 5) is 7.72. The molecule has 2 N–H and O–H groups in total. The third-order valence-corrected chi connectivity index (χ3v) is 3.69. The van der Waals surface area contributed by atoms with Crippen LogP contribution in [0.15, 0.2) is 48.1 Å². The van der Waals surface area contributed by atoms with Crippen molar-refractivity contribution >= 4 is 17.0 Å². The van der Waals surface area contributed by atoms with Crippen molar-refractivity contribution in [2.75, 3.05) is 12.4 Å². The fraction of sp³-hybridized carbons (Fsp3) is 0.0714. The maximum atomic E-state index is 4.67. The van der Waals surface area contributed by atoms with Gasteiger partial charge in [0.25, 0.3) is 0 Å². The summed E-state index contributed by atoms with van der Waals surface area (Å²) in [5.41, 5.74) is 4.40. The van der Waals surface area contributed by atoms with E-state index < -0.39 is 0 Å². The highest BCUT2D eigenvalue weighted by molar-refractivity contribution is 7.13. The molecule has 18 heavy (non-hydrogen) atoms. The third kappa shape index (κ3) is 2.02. The first-order valence-electron chi connectivity index (χ1n) is 5.74. The van der Waals surface area contributed by atoms with E-state index >= 15 is 0 Å². The Kier molecular flexibility index (Phi) is 2.86. The van der Waals surface area contributed by atoms with Crippen LogP contribution < -0.4 is 5.32 Å². The predicted molar refractivity (Wildman–Crippen MR) is 76.9 cm³/mol. The lowest BCUT2D eigenvalue weighted by atomic mass is 10.1. The number of hydrogen-bond donors (Lipinski definition) is 2. The van der Waals surface area contributed by atoms with Crippen LogP contribution >= 0.6 is 11.3 Å². The molecular weight excluding hydrogens is 242 g/mol. The van der Waals surface area contributed by atoms with Gasteiger partial charge >= 0.3 is 0 Å². The molecule has 0 bridgehead atoms. The maximum absolute atomic E-state index is 4.67. The van der Waals surface area contributed by atoms with Crippen LogP contribution in [0, 0.1) is 0 Å². The van der Waals surface area contributed by atoms with Gasteiger partial charge < -0.3 is 10.3 Å². The second-order valence-corrected chi connectivity index (χ2v) is 4.83. The van der Waals surface area contributed by atoms with Crippen molar-refractivity contribution in [2.24, 2.45) is 0 Å². The Morgan fingerprint density at radius 3 is 2.94 bits per heavy atom. The molecule has 0 spiro atoms. The van der Waals surface area contributed by atoms with Crippen LogP contribution in [0.25, 0.3) is 21.8 Å². The van der Waals surface area contributed by atoms with E-state index in [-0.39, 0.29) is 0 Å². The Labute approximate surface area is 110 Å². The number of aromatic nitrogens is 2. The summed E-state index contributed by atoms with van der Waals surface area (Å²) in [5, 5.41) is 6.28. The first kappa shape index (κ1) is 11.0. The minimum absolute atomic E-state index is 1.02. The molecule has 0 aliphatic carbocycles. The van der Waals surface area contributed by atoms with Crippen molar-refractivity contribution in [3.63, 3.8) is 0 Å². The van der Waals surface area contributed by atoms with Crippen molar-refractivity contribution in [3.8, 4) is 21.8 Å². The smallest absolute Gasteiger partial charge is 0.125 e. The zero-order valence-electron chi connectivity index (χ0n) is 9.97. The number of thiazole rings is 1.